The third-order valence-corrected chi connectivity index (χ3v) is 3.79. The number of carbonyl (C=O) groups is 1. The SMILES string of the molecule is O=C(Cn1cnc([N+](=O)[O-])n1)N1CCCC1c1cccc(F)c1. The molecule has 23 heavy (non-hydrogen) atoms. The number of nitro groups is 1. The zero-order chi connectivity index (χ0) is 16.4. The first-order valence-electron chi connectivity index (χ1n) is 7.13. The van der Waals surface area contributed by atoms with E-state index in [1.165, 1.54) is 12.1 Å². The Labute approximate surface area is 130 Å². The number of amides is 1. The Bertz CT molecular complexity index is 748. The Morgan fingerprint density at radius 3 is 3.00 bits per heavy atom. The summed E-state index contributed by atoms with van der Waals surface area (Å²) in [6.45, 7) is 0.434. The van der Waals surface area contributed by atoms with Crippen LogP contribution in [0.5, 0.6) is 0 Å². The molecule has 2 heterocycles. The first-order valence-corrected chi connectivity index (χ1v) is 7.13. The van der Waals surface area contributed by atoms with Crippen molar-refractivity contribution >= 4 is 11.9 Å². The van der Waals surface area contributed by atoms with Gasteiger partial charge in [0.2, 0.25) is 12.2 Å². The third kappa shape index (κ3) is 3.17. The maximum Gasteiger partial charge on any atom is 0.490 e. The van der Waals surface area contributed by atoms with Crippen LogP contribution < -0.4 is 0 Å². The summed E-state index contributed by atoms with van der Waals surface area (Å²) in [5.74, 6) is -1.11. The average Bonchev–Trinajstić information content (AvgIpc) is 3.16. The van der Waals surface area contributed by atoms with E-state index >= 15 is 0 Å². The van der Waals surface area contributed by atoms with E-state index in [1.807, 2.05) is 0 Å². The summed E-state index contributed by atoms with van der Waals surface area (Å²) in [7, 11) is 0. The summed E-state index contributed by atoms with van der Waals surface area (Å²) in [5, 5.41) is 14.2. The molecule has 0 saturated carbocycles. The van der Waals surface area contributed by atoms with Crippen molar-refractivity contribution < 1.29 is 14.1 Å². The number of nitrogens with zero attached hydrogens (tertiary/aromatic N) is 5. The number of carbonyl (C=O) groups excluding carboxylic acids is 1. The van der Waals surface area contributed by atoms with Crippen LogP contribution in [0.1, 0.15) is 24.4 Å². The summed E-state index contributed by atoms with van der Waals surface area (Å²) in [5.41, 5.74) is 0.750. The highest BCUT2D eigenvalue weighted by Gasteiger charge is 2.31. The van der Waals surface area contributed by atoms with Gasteiger partial charge in [-0.3, -0.25) is 4.79 Å². The summed E-state index contributed by atoms with van der Waals surface area (Å²) < 4.78 is 14.5. The lowest BCUT2D eigenvalue weighted by molar-refractivity contribution is -0.394. The standard InChI is InChI=1S/C14H14FN5O3/c15-11-4-1-3-10(7-11)12-5-2-6-19(12)13(21)8-18-9-16-14(17-18)20(22)23/h1,3-4,7,9,12H,2,5-6,8H2. The minimum atomic E-state index is -0.716. The van der Waals surface area contributed by atoms with Gasteiger partial charge in [-0.2, -0.15) is 4.68 Å². The molecule has 1 atom stereocenters. The maximum atomic E-state index is 13.4. The predicted octanol–water partition coefficient (Wildman–Crippen LogP) is 1.69. The number of likely N-dealkylation sites (tertiary alicyclic amines) is 1. The van der Waals surface area contributed by atoms with Gasteiger partial charge in [-0.15, -0.1) is 0 Å². The Morgan fingerprint density at radius 1 is 1.48 bits per heavy atom. The molecule has 120 valence electrons. The zero-order valence-corrected chi connectivity index (χ0v) is 12.1. The smallest absolute Gasteiger partial charge is 0.390 e. The molecule has 0 radical (unpaired) electrons. The minimum absolute atomic E-state index is 0.132. The second-order valence-corrected chi connectivity index (χ2v) is 5.30. The van der Waals surface area contributed by atoms with Crippen LogP contribution in [0.15, 0.2) is 30.6 Å². The summed E-state index contributed by atoms with van der Waals surface area (Å²) in [4.78, 5) is 27.5. The highest BCUT2D eigenvalue weighted by atomic mass is 19.1. The molecule has 9 heteroatoms. The monoisotopic (exact) mass is 319 g/mol. The van der Waals surface area contributed by atoms with Crippen LogP contribution >= 0.6 is 0 Å². The van der Waals surface area contributed by atoms with Crippen LogP contribution in [0, 0.1) is 15.9 Å². The van der Waals surface area contributed by atoms with Crippen molar-refractivity contribution in [3.63, 3.8) is 0 Å². The van der Waals surface area contributed by atoms with Gasteiger partial charge >= 0.3 is 5.95 Å². The Morgan fingerprint density at radius 2 is 2.30 bits per heavy atom. The molecule has 0 aliphatic carbocycles. The van der Waals surface area contributed by atoms with Gasteiger partial charge in [0, 0.05) is 11.6 Å². The molecule has 1 fully saturated rings. The van der Waals surface area contributed by atoms with Crippen LogP contribution in [0.4, 0.5) is 10.3 Å². The Kier molecular flexibility index (Phi) is 4.00. The van der Waals surface area contributed by atoms with Crippen LogP contribution in [-0.4, -0.2) is 37.0 Å². The molecule has 0 spiro atoms. The van der Waals surface area contributed by atoms with Crippen molar-refractivity contribution in [2.45, 2.75) is 25.4 Å². The van der Waals surface area contributed by atoms with Gasteiger partial charge in [-0.25, -0.2) is 4.39 Å². The van der Waals surface area contributed by atoms with Gasteiger partial charge in [0.15, 0.2) is 0 Å². The van der Waals surface area contributed by atoms with E-state index in [1.54, 1.807) is 17.0 Å². The van der Waals surface area contributed by atoms with Gasteiger partial charge in [-0.05, 0) is 35.5 Å². The number of aromatic nitrogens is 3. The van der Waals surface area contributed by atoms with Gasteiger partial charge < -0.3 is 15.0 Å². The quantitative estimate of drug-likeness (QED) is 0.631. The van der Waals surface area contributed by atoms with E-state index in [-0.39, 0.29) is 24.3 Å². The fourth-order valence-electron chi connectivity index (χ4n) is 2.80. The zero-order valence-electron chi connectivity index (χ0n) is 12.1. The topological polar surface area (TPSA) is 94.2 Å². The molecule has 1 aromatic carbocycles. The van der Waals surface area contributed by atoms with Gasteiger partial charge in [0.05, 0.1) is 6.04 Å². The normalized spacial score (nSPS) is 17.4. The second kappa shape index (κ2) is 6.11. The van der Waals surface area contributed by atoms with Gasteiger partial charge in [-0.1, -0.05) is 17.1 Å². The van der Waals surface area contributed by atoms with Crippen molar-refractivity contribution in [1.29, 1.82) is 0 Å². The van der Waals surface area contributed by atoms with Crippen molar-refractivity contribution in [2.75, 3.05) is 6.54 Å². The molecule has 2 aromatic rings. The highest BCUT2D eigenvalue weighted by molar-refractivity contribution is 5.76. The fourth-order valence-corrected chi connectivity index (χ4v) is 2.80. The summed E-state index contributed by atoms with van der Waals surface area (Å²) >= 11 is 0. The molecule has 1 unspecified atom stereocenters. The molecule has 1 amide bonds. The highest BCUT2D eigenvalue weighted by Crippen LogP contribution is 2.32. The number of hydrogen-bond acceptors (Lipinski definition) is 5. The summed E-state index contributed by atoms with van der Waals surface area (Å²) in [6, 6.07) is 6.01. The number of benzene rings is 1. The predicted molar refractivity (Wildman–Crippen MR) is 76.8 cm³/mol. The summed E-state index contributed by atoms with van der Waals surface area (Å²) in [6.07, 6.45) is 2.74. The lowest BCUT2D eigenvalue weighted by Crippen LogP contribution is -2.33. The van der Waals surface area contributed by atoms with Crippen molar-refractivity contribution in [3.8, 4) is 0 Å². The molecular weight excluding hydrogens is 305 g/mol. The van der Waals surface area contributed by atoms with E-state index in [0.717, 1.165) is 29.4 Å². The first kappa shape index (κ1) is 15.1. The number of hydrogen-bond donors (Lipinski definition) is 0. The lowest BCUT2D eigenvalue weighted by Gasteiger charge is -2.24. The maximum absolute atomic E-state index is 13.4. The molecule has 0 N–H and O–H groups in total. The average molecular weight is 319 g/mol. The Balaban J connectivity index is 1.74. The van der Waals surface area contributed by atoms with Gasteiger partial charge in [0.1, 0.15) is 12.4 Å². The van der Waals surface area contributed by atoms with E-state index in [9.17, 15) is 19.3 Å². The third-order valence-electron chi connectivity index (χ3n) is 3.79. The van der Waals surface area contributed by atoms with Crippen molar-refractivity contribution in [2.24, 2.45) is 0 Å². The second-order valence-electron chi connectivity index (χ2n) is 5.30. The molecule has 1 aromatic heterocycles. The van der Waals surface area contributed by atoms with Gasteiger partial charge in [0.25, 0.3) is 0 Å². The molecule has 1 saturated heterocycles. The van der Waals surface area contributed by atoms with Crippen LogP contribution in [0.25, 0.3) is 0 Å². The number of halogens is 1. The van der Waals surface area contributed by atoms with Crippen LogP contribution in [0.3, 0.4) is 0 Å². The molecule has 0 bridgehead atoms. The van der Waals surface area contributed by atoms with E-state index in [2.05, 4.69) is 10.1 Å². The van der Waals surface area contributed by atoms with Crippen molar-refractivity contribution in [3.05, 3.63) is 52.1 Å². The first-order chi connectivity index (χ1) is 11.0. The van der Waals surface area contributed by atoms with E-state index < -0.39 is 10.9 Å². The lowest BCUT2D eigenvalue weighted by atomic mass is 10.0. The molecule has 1 aliphatic rings. The molecular formula is C14H14FN5O3. The molecule has 8 nitrogen and oxygen atoms in total. The van der Waals surface area contributed by atoms with Crippen molar-refractivity contribution in [1.82, 2.24) is 19.7 Å². The fraction of sp³-hybridized carbons (Fsp3) is 0.357. The van der Waals surface area contributed by atoms with Crippen LogP contribution in [0.2, 0.25) is 0 Å². The largest absolute Gasteiger partial charge is 0.490 e. The Hall–Kier alpha value is -2.84. The van der Waals surface area contributed by atoms with E-state index in [0.29, 0.717) is 6.54 Å². The molecule has 3 rings (SSSR count). The minimum Gasteiger partial charge on any atom is -0.390 e. The number of rotatable bonds is 4. The molecule has 1 aliphatic heterocycles. The van der Waals surface area contributed by atoms with E-state index in [4.69, 9.17) is 0 Å². The van der Waals surface area contributed by atoms with Crippen LogP contribution in [-0.2, 0) is 11.3 Å².